The van der Waals surface area contributed by atoms with Gasteiger partial charge in [-0.15, -0.1) is 5.10 Å². The van der Waals surface area contributed by atoms with Crippen LogP contribution in [0.25, 0.3) is 11.8 Å². The number of ether oxygens (including phenoxy) is 1. The molecule has 2 aromatic carbocycles. The Kier molecular flexibility index (Phi) is 6.13. The number of benzene rings is 2. The van der Waals surface area contributed by atoms with E-state index in [-0.39, 0.29) is 5.70 Å². The SMILES string of the molecule is Cc1cccc(NC(=O)COC(=O)/C(=C/c2ccccc2)n2nnnc2C)c1C. The van der Waals surface area contributed by atoms with Gasteiger partial charge in [-0.2, -0.15) is 4.68 Å². The van der Waals surface area contributed by atoms with Gasteiger partial charge >= 0.3 is 5.97 Å². The van der Waals surface area contributed by atoms with Crippen LogP contribution in [-0.4, -0.2) is 38.7 Å². The van der Waals surface area contributed by atoms with E-state index in [4.69, 9.17) is 4.74 Å². The summed E-state index contributed by atoms with van der Waals surface area (Å²) in [6, 6.07) is 14.8. The van der Waals surface area contributed by atoms with E-state index in [1.807, 2.05) is 56.3 Å². The molecule has 0 spiro atoms. The van der Waals surface area contributed by atoms with Crippen molar-refractivity contribution in [1.29, 1.82) is 0 Å². The minimum Gasteiger partial charge on any atom is -0.451 e. The summed E-state index contributed by atoms with van der Waals surface area (Å²) in [5, 5.41) is 14.0. The van der Waals surface area contributed by atoms with Gasteiger partial charge in [-0.3, -0.25) is 4.79 Å². The van der Waals surface area contributed by atoms with Crippen molar-refractivity contribution in [3.05, 3.63) is 71.0 Å². The molecule has 0 aliphatic heterocycles. The van der Waals surface area contributed by atoms with Crippen LogP contribution in [0.1, 0.15) is 22.5 Å². The lowest BCUT2D eigenvalue weighted by Crippen LogP contribution is -2.23. The first kappa shape index (κ1) is 19.9. The van der Waals surface area contributed by atoms with Crippen LogP contribution in [0, 0.1) is 20.8 Å². The average molecular weight is 391 g/mol. The molecular formula is C21H21N5O3. The van der Waals surface area contributed by atoms with Gasteiger partial charge < -0.3 is 10.1 Å². The average Bonchev–Trinajstić information content (AvgIpc) is 3.14. The predicted molar refractivity (Wildman–Crippen MR) is 109 cm³/mol. The summed E-state index contributed by atoms with van der Waals surface area (Å²) in [6.07, 6.45) is 1.61. The first-order chi connectivity index (χ1) is 14.0. The third kappa shape index (κ3) is 4.92. The number of nitrogens with zero attached hydrogens (tertiary/aromatic N) is 4. The number of carbonyl (C=O) groups excluding carboxylic acids is 2. The van der Waals surface area contributed by atoms with E-state index in [1.54, 1.807) is 19.1 Å². The second-order valence-corrected chi connectivity index (χ2v) is 6.45. The van der Waals surface area contributed by atoms with Crippen LogP contribution in [0.3, 0.4) is 0 Å². The van der Waals surface area contributed by atoms with Crippen molar-refractivity contribution in [1.82, 2.24) is 20.2 Å². The zero-order valence-corrected chi connectivity index (χ0v) is 16.4. The van der Waals surface area contributed by atoms with Crippen LogP contribution in [-0.2, 0) is 14.3 Å². The van der Waals surface area contributed by atoms with Crippen LogP contribution < -0.4 is 5.32 Å². The Labute approximate surface area is 168 Å². The number of rotatable bonds is 6. The number of aromatic nitrogens is 4. The standard InChI is InChI=1S/C21H21N5O3/c1-14-8-7-11-18(15(14)2)22-20(27)13-29-21(28)19(26-16(3)23-24-25-26)12-17-9-5-4-6-10-17/h4-12H,13H2,1-3H3,(H,22,27)/b19-12-. The molecule has 8 heteroatoms. The predicted octanol–water partition coefficient (Wildman–Crippen LogP) is 2.78. The second kappa shape index (κ2) is 8.92. The molecule has 0 saturated heterocycles. The number of hydrogen-bond donors (Lipinski definition) is 1. The lowest BCUT2D eigenvalue weighted by atomic mass is 10.1. The summed E-state index contributed by atoms with van der Waals surface area (Å²) in [7, 11) is 0. The molecule has 0 fully saturated rings. The Morgan fingerprint density at radius 3 is 2.52 bits per heavy atom. The lowest BCUT2D eigenvalue weighted by molar-refractivity contribution is -0.141. The molecule has 1 N–H and O–H groups in total. The molecule has 1 amide bonds. The Balaban J connectivity index is 1.74. The molecule has 0 aliphatic carbocycles. The number of carbonyl (C=O) groups is 2. The Bertz CT molecular complexity index is 1060. The van der Waals surface area contributed by atoms with E-state index in [1.165, 1.54) is 4.68 Å². The van der Waals surface area contributed by atoms with Gasteiger partial charge in [-0.05, 0) is 60.0 Å². The van der Waals surface area contributed by atoms with Gasteiger partial charge in [0, 0.05) is 5.69 Å². The monoisotopic (exact) mass is 391 g/mol. The van der Waals surface area contributed by atoms with Crippen LogP contribution in [0.5, 0.6) is 0 Å². The highest BCUT2D eigenvalue weighted by Gasteiger charge is 2.19. The third-order valence-electron chi connectivity index (χ3n) is 4.38. The number of aryl methyl sites for hydroxylation is 2. The molecule has 148 valence electrons. The summed E-state index contributed by atoms with van der Waals surface area (Å²) in [6.45, 7) is 5.11. The molecule has 0 unspecified atom stereocenters. The number of hydrogen-bond acceptors (Lipinski definition) is 6. The van der Waals surface area contributed by atoms with Gasteiger partial charge in [0.15, 0.2) is 18.1 Å². The maximum absolute atomic E-state index is 12.7. The van der Waals surface area contributed by atoms with E-state index < -0.39 is 18.5 Å². The Morgan fingerprint density at radius 2 is 1.83 bits per heavy atom. The largest absolute Gasteiger partial charge is 0.451 e. The van der Waals surface area contributed by atoms with Crippen molar-refractivity contribution >= 4 is 29.3 Å². The molecule has 1 heterocycles. The maximum Gasteiger partial charge on any atom is 0.357 e. The fourth-order valence-electron chi connectivity index (χ4n) is 2.65. The van der Waals surface area contributed by atoms with Crippen LogP contribution in [0.2, 0.25) is 0 Å². The minimum absolute atomic E-state index is 0.109. The first-order valence-electron chi connectivity index (χ1n) is 9.01. The first-order valence-corrected chi connectivity index (χ1v) is 9.01. The summed E-state index contributed by atoms with van der Waals surface area (Å²) in [5.41, 5.74) is 3.58. The fraction of sp³-hybridized carbons (Fsp3) is 0.190. The van der Waals surface area contributed by atoms with E-state index in [9.17, 15) is 9.59 Å². The molecule has 0 atom stereocenters. The van der Waals surface area contributed by atoms with E-state index >= 15 is 0 Å². The number of anilines is 1. The van der Waals surface area contributed by atoms with Crippen molar-refractivity contribution in [2.75, 3.05) is 11.9 Å². The van der Waals surface area contributed by atoms with Gasteiger partial charge in [-0.25, -0.2) is 4.79 Å². The summed E-state index contributed by atoms with van der Waals surface area (Å²) in [5.74, 6) is -0.719. The molecule has 0 radical (unpaired) electrons. The van der Waals surface area contributed by atoms with Gasteiger partial charge in [-0.1, -0.05) is 42.5 Å². The molecule has 0 saturated carbocycles. The van der Waals surface area contributed by atoms with E-state index in [2.05, 4.69) is 20.8 Å². The number of esters is 1. The second-order valence-electron chi connectivity index (χ2n) is 6.45. The van der Waals surface area contributed by atoms with Crippen molar-refractivity contribution < 1.29 is 14.3 Å². The van der Waals surface area contributed by atoms with Crippen LogP contribution >= 0.6 is 0 Å². The summed E-state index contributed by atoms with van der Waals surface area (Å²) < 4.78 is 6.50. The fourth-order valence-corrected chi connectivity index (χ4v) is 2.65. The Morgan fingerprint density at radius 1 is 1.07 bits per heavy atom. The topological polar surface area (TPSA) is 99.0 Å². The van der Waals surface area contributed by atoms with Crippen molar-refractivity contribution in [3.63, 3.8) is 0 Å². The van der Waals surface area contributed by atoms with Crippen molar-refractivity contribution in [2.24, 2.45) is 0 Å². The molecule has 3 aromatic rings. The van der Waals surface area contributed by atoms with Gasteiger partial charge in [0.25, 0.3) is 5.91 Å². The highest BCUT2D eigenvalue weighted by Crippen LogP contribution is 2.18. The minimum atomic E-state index is -0.708. The van der Waals surface area contributed by atoms with Crippen LogP contribution in [0.4, 0.5) is 5.69 Å². The third-order valence-corrected chi connectivity index (χ3v) is 4.38. The highest BCUT2D eigenvalue weighted by atomic mass is 16.5. The molecule has 3 rings (SSSR count). The van der Waals surface area contributed by atoms with Gasteiger partial charge in [0.1, 0.15) is 0 Å². The van der Waals surface area contributed by atoms with Gasteiger partial charge in [0.2, 0.25) is 0 Å². The molecular weight excluding hydrogens is 370 g/mol. The van der Waals surface area contributed by atoms with Crippen molar-refractivity contribution in [2.45, 2.75) is 20.8 Å². The zero-order valence-electron chi connectivity index (χ0n) is 16.4. The molecule has 1 aromatic heterocycles. The summed E-state index contributed by atoms with van der Waals surface area (Å²) >= 11 is 0. The number of amides is 1. The highest BCUT2D eigenvalue weighted by molar-refractivity contribution is 6.15. The van der Waals surface area contributed by atoms with E-state index in [0.29, 0.717) is 11.5 Å². The summed E-state index contributed by atoms with van der Waals surface area (Å²) in [4.78, 5) is 24.9. The molecule has 8 nitrogen and oxygen atoms in total. The smallest absolute Gasteiger partial charge is 0.357 e. The quantitative estimate of drug-likeness (QED) is 0.512. The zero-order chi connectivity index (χ0) is 20.8. The van der Waals surface area contributed by atoms with Gasteiger partial charge in [0.05, 0.1) is 0 Å². The normalized spacial score (nSPS) is 11.2. The van der Waals surface area contributed by atoms with Crippen molar-refractivity contribution in [3.8, 4) is 0 Å². The lowest BCUT2D eigenvalue weighted by Gasteiger charge is -2.11. The van der Waals surface area contributed by atoms with Crippen LogP contribution in [0.15, 0.2) is 48.5 Å². The Hall–Kier alpha value is -3.81. The maximum atomic E-state index is 12.7. The molecule has 0 bridgehead atoms. The van der Waals surface area contributed by atoms with E-state index in [0.717, 1.165) is 16.7 Å². The molecule has 0 aliphatic rings. The molecule has 29 heavy (non-hydrogen) atoms. The number of tetrazole rings is 1. The number of nitrogens with one attached hydrogen (secondary N) is 1.